The van der Waals surface area contributed by atoms with Crippen molar-refractivity contribution in [2.75, 3.05) is 19.6 Å². The number of fused-ring (bicyclic) bond motifs is 1. The van der Waals surface area contributed by atoms with Gasteiger partial charge in [-0.2, -0.15) is 5.10 Å². The third-order valence-electron chi connectivity index (χ3n) is 4.94. The van der Waals surface area contributed by atoms with E-state index in [2.05, 4.69) is 32.2 Å². The SMILES string of the molecule is O[C@@H](CN1CCC(c2c[nH]c3ncccc23)CC1)Cn1cccn1. The lowest BCUT2D eigenvalue weighted by atomic mass is 9.89. The maximum atomic E-state index is 10.2. The predicted molar refractivity (Wildman–Crippen MR) is 92.7 cm³/mol. The van der Waals surface area contributed by atoms with E-state index in [-0.39, 0.29) is 6.10 Å². The third kappa shape index (κ3) is 3.20. The Bertz CT molecular complexity index is 774. The van der Waals surface area contributed by atoms with Crippen molar-refractivity contribution in [3.05, 3.63) is 48.5 Å². The van der Waals surface area contributed by atoms with Crippen LogP contribution in [-0.2, 0) is 6.54 Å². The van der Waals surface area contributed by atoms with Gasteiger partial charge in [0.05, 0.1) is 12.6 Å². The van der Waals surface area contributed by atoms with Gasteiger partial charge in [0.2, 0.25) is 0 Å². The summed E-state index contributed by atoms with van der Waals surface area (Å²) in [6, 6.07) is 6.03. The maximum Gasteiger partial charge on any atom is 0.137 e. The molecule has 4 heterocycles. The number of β-amino-alcohol motifs (C(OH)–C–C–N with tert-alkyl or cyclic N) is 1. The van der Waals surface area contributed by atoms with Gasteiger partial charge in [-0.05, 0) is 55.6 Å². The van der Waals surface area contributed by atoms with E-state index in [1.807, 2.05) is 24.5 Å². The number of nitrogens with zero attached hydrogens (tertiary/aromatic N) is 4. The Morgan fingerprint density at radius 3 is 2.88 bits per heavy atom. The van der Waals surface area contributed by atoms with Crippen LogP contribution in [0.15, 0.2) is 43.0 Å². The van der Waals surface area contributed by atoms with Crippen LogP contribution in [0.1, 0.15) is 24.3 Å². The molecule has 0 radical (unpaired) electrons. The fourth-order valence-electron chi connectivity index (χ4n) is 3.72. The summed E-state index contributed by atoms with van der Waals surface area (Å²) in [6.07, 6.45) is 9.44. The molecule has 0 spiro atoms. The number of hydrogen-bond acceptors (Lipinski definition) is 4. The highest BCUT2D eigenvalue weighted by atomic mass is 16.3. The van der Waals surface area contributed by atoms with Crippen LogP contribution in [0.4, 0.5) is 0 Å². The molecule has 126 valence electrons. The first-order valence-corrected chi connectivity index (χ1v) is 8.59. The first-order valence-electron chi connectivity index (χ1n) is 8.59. The van der Waals surface area contributed by atoms with E-state index in [0.29, 0.717) is 19.0 Å². The largest absolute Gasteiger partial charge is 0.390 e. The molecular formula is C18H23N5O. The second-order valence-corrected chi connectivity index (χ2v) is 6.60. The number of aromatic amines is 1. The molecule has 1 atom stereocenters. The molecule has 2 N–H and O–H groups in total. The fourth-order valence-corrected chi connectivity index (χ4v) is 3.72. The van der Waals surface area contributed by atoms with Crippen molar-refractivity contribution >= 4 is 11.0 Å². The highest BCUT2D eigenvalue weighted by molar-refractivity contribution is 5.80. The average molecular weight is 325 g/mol. The molecule has 0 amide bonds. The average Bonchev–Trinajstić information content (AvgIpc) is 3.25. The van der Waals surface area contributed by atoms with E-state index in [4.69, 9.17) is 0 Å². The van der Waals surface area contributed by atoms with E-state index in [1.165, 1.54) is 10.9 Å². The summed E-state index contributed by atoms with van der Waals surface area (Å²) in [5.41, 5.74) is 2.36. The Morgan fingerprint density at radius 2 is 2.08 bits per heavy atom. The molecule has 3 aromatic rings. The zero-order valence-corrected chi connectivity index (χ0v) is 13.7. The number of aliphatic hydroxyl groups excluding tert-OH is 1. The van der Waals surface area contributed by atoms with Crippen LogP contribution in [0.25, 0.3) is 11.0 Å². The van der Waals surface area contributed by atoms with E-state index >= 15 is 0 Å². The molecule has 4 rings (SSSR count). The van der Waals surface area contributed by atoms with Gasteiger partial charge < -0.3 is 15.0 Å². The van der Waals surface area contributed by atoms with Crippen molar-refractivity contribution in [2.45, 2.75) is 31.4 Å². The standard InChI is InChI=1S/C18H23N5O/c24-15(13-23-8-2-7-21-23)12-22-9-4-14(5-10-22)17-11-20-18-16(17)3-1-6-19-18/h1-3,6-8,11,14-15,24H,4-5,9-10,12-13H2,(H,19,20)/t15-/m0/s1. The number of H-pyrrole nitrogens is 1. The number of rotatable bonds is 5. The summed E-state index contributed by atoms with van der Waals surface area (Å²) >= 11 is 0. The van der Waals surface area contributed by atoms with Crippen LogP contribution in [0.3, 0.4) is 0 Å². The fraction of sp³-hybridized carbons (Fsp3) is 0.444. The highest BCUT2D eigenvalue weighted by Crippen LogP contribution is 2.32. The Hall–Kier alpha value is -2.18. The first-order chi connectivity index (χ1) is 11.8. The summed E-state index contributed by atoms with van der Waals surface area (Å²) in [5.74, 6) is 0.572. The van der Waals surface area contributed by atoms with E-state index in [0.717, 1.165) is 31.6 Å². The number of nitrogens with one attached hydrogen (secondary N) is 1. The van der Waals surface area contributed by atoms with E-state index in [9.17, 15) is 5.11 Å². The molecule has 0 bridgehead atoms. The number of pyridine rings is 1. The smallest absolute Gasteiger partial charge is 0.137 e. The van der Waals surface area contributed by atoms with Gasteiger partial charge >= 0.3 is 0 Å². The van der Waals surface area contributed by atoms with Crippen molar-refractivity contribution in [1.82, 2.24) is 24.6 Å². The van der Waals surface area contributed by atoms with Crippen molar-refractivity contribution < 1.29 is 5.11 Å². The van der Waals surface area contributed by atoms with Crippen LogP contribution in [-0.4, -0.2) is 55.5 Å². The summed E-state index contributed by atoms with van der Waals surface area (Å²) in [6.45, 7) is 3.31. The zero-order chi connectivity index (χ0) is 16.4. The van der Waals surface area contributed by atoms with Crippen LogP contribution in [0.5, 0.6) is 0 Å². The quantitative estimate of drug-likeness (QED) is 0.753. The van der Waals surface area contributed by atoms with Gasteiger partial charge in [-0.25, -0.2) is 4.98 Å². The van der Waals surface area contributed by atoms with E-state index in [1.54, 1.807) is 10.9 Å². The summed E-state index contributed by atoms with van der Waals surface area (Å²) in [5, 5.41) is 15.6. The summed E-state index contributed by atoms with van der Waals surface area (Å²) in [4.78, 5) is 10.0. The molecule has 6 heteroatoms. The predicted octanol–water partition coefficient (Wildman–Crippen LogP) is 2.00. The van der Waals surface area contributed by atoms with Gasteiger partial charge in [0.15, 0.2) is 0 Å². The van der Waals surface area contributed by atoms with Gasteiger partial charge in [-0.1, -0.05) is 0 Å². The van der Waals surface area contributed by atoms with Crippen molar-refractivity contribution in [1.29, 1.82) is 0 Å². The molecule has 0 unspecified atom stereocenters. The van der Waals surface area contributed by atoms with Gasteiger partial charge in [0.1, 0.15) is 5.65 Å². The molecule has 24 heavy (non-hydrogen) atoms. The highest BCUT2D eigenvalue weighted by Gasteiger charge is 2.24. The molecule has 6 nitrogen and oxygen atoms in total. The van der Waals surface area contributed by atoms with Gasteiger partial charge in [0.25, 0.3) is 0 Å². The second kappa shape index (κ2) is 6.75. The number of likely N-dealkylation sites (tertiary alicyclic amines) is 1. The normalized spacial score (nSPS) is 18.2. The zero-order valence-electron chi connectivity index (χ0n) is 13.7. The number of piperidine rings is 1. The summed E-state index contributed by atoms with van der Waals surface area (Å²) in [7, 11) is 0. The molecule has 0 aromatic carbocycles. The molecule has 1 fully saturated rings. The molecule has 1 aliphatic heterocycles. The van der Waals surface area contributed by atoms with Gasteiger partial charge in [-0.3, -0.25) is 4.68 Å². The van der Waals surface area contributed by atoms with Crippen LogP contribution in [0.2, 0.25) is 0 Å². The van der Waals surface area contributed by atoms with Crippen LogP contribution in [0, 0.1) is 0 Å². The number of aromatic nitrogens is 4. The second-order valence-electron chi connectivity index (χ2n) is 6.60. The molecule has 0 aliphatic carbocycles. The lowest BCUT2D eigenvalue weighted by Crippen LogP contribution is -2.39. The minimum Gasteiger partial charge on any atom is -0.390 e. The van der Waals surface area contributed by atoms with E-state index < -0.39 is 0 Å². The van der Waals surface area contributed by atoms with Crippen molar-refractivity contribution in [2.24, 2.45) is 0 Å². The van der Waals surface area contributed by atoms with Crippen molar-refractivity contribution in [3.8, 4) is 0 Å². The lowest BCUT2D eigenvalue weighted by Gasteiger charge is -2.33. The number of aliphatic hydroxyl groups is 1. The summed E-state index contributed by atoms with van der Waals surface area (Å²) < 4.78 is 1.79. The minimum absolute atomic E-state index is 0.376. The Balaban J connectivity index is 1.33. The Morgan fingerprint density at radius 1 is 1.21 bits per heavy atom. The maximum absolute atomic E-state index is 10.2. The Labute approximate surface area is 141 Å². The Kier molecular flexibility index (Phi) is 4.32. The first kappa shape index (κ1) is 15.4. The third-order valence-corrected chi connectivity index (χ3v) is 4.94. The monoisotopic (exact) mass is 325 g/mol. The lowest BCUT2D eigenvalue weighted by molar-refractivity contribution is 0.0823. The van der Waals surface area contributed by atoms with Crippen LogP contribution < -0.4 is 0 Å². The van der Waals surface area contributed by atoms with Crippen molar-refractivity contribution in [3.63, 3.8) is 0 Å². The molecule has 1 aliphatic rings. The topological polar surface area (TPSA) is 70.0 Å². The van der Waals surface area contributed by atoms with Gasteiger partial charge in [0, 0.05) is 36.7 Å². The molecule has 0 saturated carbocycles. The minimum atomic E-state index is -0.376. The van der Waals surface area contributed by atoms with Crippen LogP contribution >= 0.6 is 0 Å². The molecular weight excluding hydrogens is 302 g/mol. The number of hydrogen-bond donors (Lipinski definition) is 2. The van der Waals surface area contributed by atoms with Gasteiger partial charge in [-0.15, -0.1) is 0 Å². The molecule has 3 aromatic heterocycles. The molecule has 1 saturated heterocycles.